The van der Waals surface area contributed by atoms with E-state index < -0.39 is 5.96 Å². The fourth-order valence-corrected chi connectivity index (χ4v) is 11.3. The molecule has 0 nitrogen and oxygen atoms in total. The molecule has 1 aromatic heterocycles. The Morgan fingerprint density at radius 1 is 0.679 bits per heavy atom. The van der Waals surface area contributed by atoms with Crippen molar-refractivity contribution in [2.24, 2.45) is 0 Å². The summed E-state index contributed by atoms with van der Waals surface area (Å²) in [6.45, 7) is 4.39. The van der Waals surface area contributed by atoms with Gasteiger partial charge in [0.15, 0.2) is 0 Å². The van der Waals surface area contributed by atoms with Crippen molar-refractivity contribution in [2.45, 2.75) is 20.0 Å². The molecule has 4 aromatic rings. The van der Waals surface area contributed by atoms with E-state index in [1.54, 1.807) is 0 Å². The van der Waals surface area contributed by atoms with Gasteiger partial charge in [0.05, 0.1) is 0 Å². The van der Waals surface area contributed by atoms with Crippen molar-refractivity contribution in [2.75, 3.05) is 0 Å². The molecule has 4 rings (SSSR count). The van der Waals surface area contributed by atoms with Gasteiger partial charge in [-0.2, -0.15) is 0 Å². The standard InChI is InChI=1S/C25H24ClPS/c1-20-18-22(21(2)28-20)19-27(26,23-12-6-3-7-13-23,24-14-8-4-9-15-24)25-16-10-5-11-17-25/h3-18H,19H2,1-2H3. The van der Waals surface area contributed by atoms with Crippen LogP contribution in [0.2, 0.25) is 0 Å². The number of hydrogen-bond donors (Lipinski definition) is 0. The zero-order chi connectivity index (χ0) is 19.6. The van der Waals surface area contributed by atoms with Crippen LogP contribution in [0.25, 0.3) is 0 Å². The number of rotatable bonds is 5. The summed E-state index contributed by atoms with van der Waals surface area (Å²) in [5.74, 6) is -3.22. The Balaban J connectivity index is 2.10. The molecule has 0 atom stereocenters. The second kappa shape index (κ2) is 7.48. The van der Waals surface area contributed by atoms with Crippen molar-refractivity contribution in [3.8, 4) is 0 Å². The third-order valence-corrected chi connectivity index (χ3v) is 13.7. The molecule has 0 spiro atoms. The van der Waals surface area contributed by atoms with Gasteiger partial charge in [-0.1, -0.05) is 0 Å². The van der Waals surface area contributed by atoms with Crippen LogP contribution in [0.3, 0.4) is 0 Å². The Morgan fingerprint density at radius 3 is 1.39 bits per heavy atom. The SMILES string of the molecule is Cc1cc(CP(Cl)(c2ccccc2)(c2ccccc2)c2ccccc2)c(C)s1. The fraction of sp³-hybridized carbons (Fsp3) is 0.120. The summed E-state index contributed by atoms with van der Waals surface area (Å²) in [5.41, 5.74) is 1.35. The summed E-state index contributed by atoms with van der Waals surface area (Å²) in [7, 11) is 0. The zero-order valence-electron chi connectivity index (χ0n) is 16.2. The van der Waals surface area contributed by atoms with Gasteiger partial charge in [-0.05, 0) is 0 Å². The molecule has 28 heavy (non-hydrogen) atoms. The molecule has 0 bridgehead atoms. The summed E-state index contributed by atoms with van der Waals surface area (Å²) in [6.07, 6.45) is 0.821. The first-order valence-corrected chi connectivity index (χ1v) is 13.6. The monoisotopic (exact) mass is 422 g/mol. The molecule has 142 valence electrons. The fourth-order valence-electron chi connectivity index (χ4n) is 4.10. The quantitative estimate of drug-likeness (QED) is 0.320. The molecule has 0 aliphatic rings. The molecule has 0 N–H and O–H groups in total. The Hall–Kier alpha value is -1.92. The average Bonchev–Trinajstić information content (AvgIpc) is 3.06. The second-order valence-electron chi connectivity index (χ2n) is 7.29. The van der Waals surface area contributed by atoms with Crippen molar-refractivity contribution in [1.82, 2.24) is 0 Å². The van der Waals surface area contributed by atoms with Crippen LogP contribution in [0.1, 0.15) is 15.3 Å². The van der Waals surface area contributed by atoms with E-state index in [0.717, 1.165) is 6.16 Å². The molecule has 0 saturated heterocycles. The number of hydrogen-bond acceptors (Lipinski definition) is 1. The number of aryl methyl sites for hydroxylation is 2. The second-order valence-corrected chi connectivity index (χ2v) is 15.2. The van der Waals surface area contributed by atoms with Crippen molar-refractivity contribution in [1.29, 1.82) is 0 Å². The molecule has 0 radical (unpaired) electrons. The van der Waals surface area contributed by atoms with Gasteiger partial charge < -0.3 is 0 Å². The summed E-state index contributed by atoms with van der Waals surface area (Å²) in [6, 6.07) is 34.4. The number of benzene rings is 3. The summed E-state index contributed by atoms with van der Waals surface area (Å²) >= 11 is 9.98. The third-order valence-electron chi connectivity index (χ3n) is 5.49. The molecule has 0 fully saturated rings. The van der Waals surface area contributed by atoms with Crippen molar-refractivity contribution in [3.63, 3.8) is 0 Å². The Labute approximate surface area is 176 Å². The topological polar surface area (TPSA) is 0 Å². The van der Waals surface area contributed by atoms with Crippen molar-refractivity contribution >= 4 is 44.4 Å². The van der Waals surface area contributed by atoms with Crippen molar-refractivity contribution in [3.05, 3.63) is 112 Å². The molecular weight excluding hydrogens is 399 g/mol. The van der Waals surface area contributed by atoms with Gasteiger partial charge in [0.2, 0.25) is 0 Å². The van der Waals surface area contributed by atoms with Gasteiger partial charge in [0.1, 0.15) is 0 Å². The summed E-state index contributed by atoms with van der Waals surface area (Å²) in [5, 5.41) is 3.66. The van der Waals surface area contributed by atoms with E-state index in [2.05, 4.69) is 111 Å². The van der Waals surface area contributed by atoms with E-state index in [9.17, 15) is 0 Å². The summed E-state index contributed by atoms with van der Waals surface area (Å²) in [4.78, 5) is 2.69. The molecule has 0 aliphatic carbocycles. The van der Waals surface area contributed by atoms with Crippen LogP contribution in [0.5, 0.6) is 0 Å². The van der Waals surface area contributed by atoms with E-state index in [-0.39, 0.29) is 0 Å². The molecule has 3 aromatic carbocycles. The first-order valence-electron chi connectivity index (χ1n) is 9.48. The molecule has 0 amide bonds. The Morgan fingerprint density at radius 2 is 1.07 bits per heavy atom. The van der Waals surface area contributed by atoms with Crippen molar-refractivity contribution < 1.29 is 0 Å². The van der Waals surface area contributed by atoms with Gasteiger partial charge in [0.25, 0.3) is 0 Å². The van der Waals surface area contributed by atoms with Crippen LogP contribution in [-0.4, -0.2) is 0 Å². The predicted molar refractivity (Wildman–Crippen MR) is 128 cm³/mol. The number of thiophene rings is 1. The van der Waals surface area contributed by atoms with Crippen LogP contribution >= 0.6 is 28.5 Å². The van der Waals surface area contributed by atoms with Crippen LogP contribution in [0.4, 0.5) is 0 Å². The van der Waals surface area contributed by atoms with Crippen LogP contribution in [0, 0.1) is 13.8 Å². The van der Waals surface area contributed by atoms with Gasteiger partial charge in [-0.25, -0.2) is 0 Å². The van der Waals surface area contributed by atoms with Crippen LogP contribution < -0.4 is 15.9 Å². The molecular formula is C25H24ClPS. The summed E-state index contributed by atoms with van der Waals surface area (Å²) < 4.78 is 0. The van der Waals surface area contributed by atoms with Gasteiger partial charge in [-0.3, -0.25) is 0 Å². The third kappa shape index (κ3) is 3.12. The molecule has 0 aliphatic heterocycles. The van der Waals surface area contributed by atoms with E-state index in [4.69, 9.17) is 11.2 Å². The van der Waals surface area contributed by atoms with Crippen LogP contribution in [-0.2, 0) is 6.16 Å². The first-order chi connectivity index (χ1) is 13.5. The number of halogens is 1. The van der Waals surface area contributed by atoms with E-state index in [1.807, 2.05) is 11.3 Å². The molecule has 0 unspecified atom stereocenters. The molecule has 3 heteroatoms. The van der Waals surface area contributed by atoms with E-state index in [1.165, 1.54) is 31.2 Å². The maximum atomic E-state index is 8.12. The minimum absolute atomic E-state index is 0.821. The van der Waals surface area contributed by atoms with Crippen LogP contribution in [0.15, 0.2) is 97.1 Å². The molecule has 0 saturated carbocycles. The Bertz CT molecular complexity index is 972. The van der Waals surface area contributed by atoms with Gasteiger partial charge in [0, 0.05) is 0 Å². The minimum atomic E-state index is -3.22. The average molecular weight is 423 g/mol. The normalized spacial score (nSPS) is 13.0. The molecule has 1 heterocycles. The van der Waals surface area contributed by atoms with E-state index in [0.29, 0.717) is 0 Å². The first kappa shape index (κ1) is 19.4. The van der Waals surface area contributed by atoms with Gasteiger partial charge in [-0.15, -0.1) is 0 Å². The maximum absolute atomic E-state index is 8.12. The van der Waals surface area contributed by atoms with E-state index >= 15 is 0 Å². The Kier molecular flexibility index (Phi) is 5.19. The predicted octanol–water partition coefficient (Wildman–Crippen LogP) is 6.55. The van der Waals surface area contributed by atoms with Gasteiger partial charge >= 0.3 is 177 Å². The zero-order valence-corrected chi connectivity index (χ0v) is 18.6.